The van der Waals surface area contributed by atoms with Gasteiger partial charge in [0.05, 0.1) is 6.54 Å². The molecular formula is C8H10F3N5. The quantitative estimate of drug-likeness (QED) is 0.448. The van der Waals surface area contributed by atoms with Crippen LogP contribution in [0.15, 0.2) is 11.2 Å². The molecule has 0 fully saturated rings. The van der Waals surface area contributed by atoms with E-state index in [0.717, 1.165) is 6.07 Å². The lowest BCUT2D eigenvalue weighted by Crippen LogP contribution is -2.10. The van der Waals surface area contributed by atoms with E-state index in [1.54, 1.807) is 13.8 Å². The fraction of sp³-hybridized carbons (Fsp3) is 0.625. The molecular weight excluding hydrogens is 223 g/mol. The van der Waals surface area contributed by atoms with Crippen LogP contribution in [0.1, 0.15) is 31.3 Å². The van der Waals surface area contributed by atoms with E-state index in [9.17, 15) is 13.2 Å². The molecule has 8 heteroatoms. The minimum Gasteiger partial charge on any atom is -0.266 e. The van der Waals surface area contributed by atoms with Gasteiger partial charge in [0.25, 0.3) is 0 Å². The summed E-state index contributed by atoms with van der Waals surface area (Å²) in [6.45, 7) is 3.26. The lowest BCUT2D eigenvalue weighted by atomic mass is 10.3. The number of azide groups is 1. The van der Waals surface area contributed by atoms with Crippen molar-refractivity contribution in [3.8, 4) is 0 Å². The molecule has 0 unspecified atom stereocenters. The van der Waals surface area contributed by atoms with Crippen molar-refractivity contribution >= 4 is 0 Å². The Morgan fingerprint density at radius 3 is 2.62 bits per heavy atom. The normalized spacial score (nSPS) is 11.6. The molecule has 0 spiro atoms. The topological polar surface area (TPSA) is 66.6 Å². The Morgan fingerprint density at radius 2 is 2.19 bits per heavy atom. The average Bonchev–Trinajstić information content (AvgIpc) is 2.57. The van der Waals surface area contributed by atoms with Crippen LogP contribution in [0.4, 0.5) is 13.2 Å². The molecule has 5 nitrogen and oxygen atoms in total. The van der Waals surface area contributed by atoms with Crippen LogP contribution in [0.2, 0.25) is 0 Å². The Hall–Kier alpha value is -1.69. The summed E-state index contributed by atoms with van der Waals surface area (Å²) < 4.78 is 38.4. The predicted octanol–water partition coefficient (Wildman–Crippen LogP) is 3.29. The summed E-state index contributed by atoms with van der Waals surface area (Å²) >= 11 is 0. The second kappa shape index (κ2) is 4.44. The second-order valence-electron chi connectivity index (χ2n) is 3.45. The first kappa shape index (κ1) is 12.4. The van der Waals surface area contributed by atoms with Gasteiger partial charge < -0.3 is 0 Å². The third kappa shape index (κ3) is 2.66. The summed E-state index contributed by atoms with van der Waals surface area (Å²) in [6.07, 6.45) is -4.48. The van der Waals surface area contributed by atoms with Crippen LogP contribution in [0, 0.1) is 0 Å². The fourth-order valence-corrected chi connectivity index (χ4v) is 1.24. The van der Waals surface area contributed by atoms with Crippen molar-refractivity contribution in [1.82, 2.24) is 9.78 Å². The number of aromatic nitrogens is 2. The number of rotatable bonds is 3. The van der Waals surface area contributed by atoms with Crippen molar-refractivity contribution < 1.29 is 13.2 Å². The van der Waals surface area contributed by atoms with Crippen LogP contribution in [-0.2, 0) is 12.7 Å². The number of nitrogens with zero attached hydrogens (tertiary/aromatic N) is 5. The van der Waals surface area contributed by atoms with Crippen LogP contribution in [0.5, 0.6) is 0 Å². The molecule has 0 radical (unpaired) electrons. The molecule has 0 aliphatic carbocycles. The molecule has 0 amide bonds. The molecule has 0 saturated carbocycles. The van der Waals surface area contributed by atoms with Crippen LogP contribution < -0.4 is 0 Å². The standard InChI is InChI=1S/C8H10F3N5/c1-5(2)16-6(4-13-15-12)3-7(14-16)8(9,10)11/h3,5H,4H2,1-2H3. The van der Waals surface area contributed by atoms with Crippen LogP contribution in [-0.4, -0.2) is 9.78 Å². The smallest absolute Gasteiger partial charge is 0.266 e. The molecule has 0 atom stereocenters. The molecule has 88 valence electrons. The van der Waals surface area contributed by atoms with Gasteiger partial charge in [-0.25, -0.2) is 0 Å². The van der Waals surface area contributed by atoms with Gasteiger partial charge in [0.15, 0.2) is 5.69 Å². The Labute approximate surface area is 89.5 Å². The Morgan fingerprint density at radius 1 is 1.56 bits per heavy atom. The van der Waals surface area contributed by atoms with Gasteiger partial charge in [0.1, 0.15) is 0 Å². The van der Waals surface area contributed by atoms with E-state index in [2.05, 4.69) is 15.1 Å². The van der Waals surface area contributed by atoms with Gasteiger partial charge in [-0.05, 0) is 25.4 Å². The highest BCUT2D eigenvalue weighted by atomic mass is 19.4. The largest absolute Gasteiger partial charge is 0.435 e. The molecule has 1 heterocycles. The maximum absolute atomic E-state index is 12.4. The summed E-state index contributed by atoms with van der Waals surface area (Å²) in [4.78, 5) is 2.51. The van der Waals surface area contributed by atoms with Gasteiger partial charge in [-0.15, -0.1) is 0 Å². The molecule has 0 N–H and O–H groups in total. The molecule has 0 aliphatic heterocycles. The summed E-state index contributed by atoms with van der Waals surface area (Å²) in [6, 6.07) is 0.675. The average molecular weight is 233 g/mol. The van der Waals surface area contributed by atoms with Crippen molar-refractivity contribution in [3.05, 3.63) is 27.9 Å². The summed E-state index contributed by atoms with van der Waals surface area (Å²) in [5, 5.41) is 6.68. The predicted molar refractivity (Wildman–Crippen MR) is 50.5 cm³/mol. The molecule has 0 saturated heterocycles. The zero-order valence-corrected chi connectivity index (χ0v) is 8.73. The van der Waals surface area contributed by atoms with E-state index in [1.807, 2.05) is 0 Å². The Kier molecular flexibility index (Phi) is 3.44. The molecule has 0 aromatic carbocycles. The Balaban J connectivity index is 3.14. The summed E-state index contributed by atoms with van der Waals surface area (Å²) in [5.41, 5.74) is 7.41. The number of hydrogen-bond donors (Lipinski definition) is 0. The van der Waals surface area contributed by atoms with E-state index in [4.69, 9.17) is 5.53 Å². The van der Waals surface area contributed by atoms with Crippen molar-refractivity contribution in [2.45, 2.75) is 32.6 Å². The van der Waals surface area contributed by atoms with Crippen LogP contribution >= 0.6 is 0 Å². The van der Waals surface area contributed by atoms with Crippen molar-refractivity contribution in [1.29, 1.82) is 0 Å². The lowest BCUT2D eigenvalue weighted by Gasteiger charge is -2.08. The van der Waals surface area contributed by atoms with Gasteiger partial charge in [-0.3, -0.25) is 4.68 Å². The summed E-state index contributed by atoms with van der Waals surface area (Å²) in [7, 11) is 0. The minimum atomic E-state index is -4.48. The fourth-order valence-electron chi connectivity index (χ4n) is 1.24. The first-order valence-electron chi connectivity index (χ1n) is 4.52. The molecule has 0 aliphatic rings. The van der Waals surface area contributed by atoms with E-state index in [1.165, 1.54) is 4.68 Å². The van der Waals surface area contributed by atoms with E-state index in [-0.39, 0.29) is 18.3 Å². The highest BCUT2D eigenvalue weighted by molar-refractivity contribution is 5.14. The van der Waals surface area contributed by atoms with Gasteiger partial charge in [-0.1, -0.05) is 5.11 Å². The monoisotopic (exact) mass is 233 g/mol. The first-order chi connectivity index (χ1) is 7.36. The Bertz CT molecular complexity index is 414. The van der Waals surface area contributed by atoms with Crippen LogP contribution in [0.25, 0.3) is 10.4 Å². The molecule has 1 aromatic rings. The highest BCUT2D eigenvalue weighted by Crippen LogP contribution is 2.29. The number of alkyl halides is 3. The number of halogens is 3. The maximum Gasteiger partial charge on any atom is 0.435 e. The van der Waals surface area contributed by atoms with E-state index in [0.29, 0.717) is 0 Å². The molecule has 1 rings (SSSR count). The summed E-state index contributed by atoms with van der Waals surface area (Å²) in [5.74, 6) is 0. The van der Waals surface area contributed by atoms with Gasteiger partial charge >= 0.3 is 6.18 Å². The molecule has 1 aromatic heterocycles. The first-order valence-corrected chi connectivity index (χ1v) is 4.52. The van der Waals surface area contributed by atoms with Crippen molar-refractivity contribution in [3.63, 3.8) is 0 Å². The SMILES string of the molecule is CC(C)n1nc(C(F)(F)F)cc1CN=[N+]=[N-]. The molecule has 16 heavy (non-hydrogen) atoms. The lowest BCUT2D eigenvalue weighted by molar-refractivity contribution is -0.141. The van der Waals surface area contributed by atoms with Gasteiger partial charge in [0.2, 0.25) is 0 Å². The zero-order valence-electron chi connectivity index (χ0n) is 8.73. The molecule has 0 bridgehead atoms. The van der Waals surface area contributed by atoms with Gasteiger partial charge in [-0.2, -0.15) is 18.3 Å². The minimum absolute atomic E-state index is 0.141. The second-order valence-corrected chi connectivity index (χ2v) is 3.45. The van der Waals surface area contributed by atoms with Crippen molar-refractivity contribution in [2.75, 3.05) is 0 Å². The number of hydrogen-bond acceptors (Lipinski definition) is 2. The third-order valence-corrected chi connectivity index (χ3v) is 1.89. The van der Waals surface area contributed by atoms with Crippen LogP contribution in [0.3, 0.4) is 0 Å². The van der Waals surface area contributed by atoms with Crippen molar-refractivity contribution in [2.24, 2.45) is 5.11 Å². The maximum atomic E-state index is 12.4. The highest BCUT2D eigenvalue weighted by Gasteiger charge is 2.34. The zero-order chi connectivity index (χ0) is 12.3. The van der Waals surface area contributed by atoms with Gasteiger partial charge in [0, 0.05) is 16.6 Å². The van der Waals surface area contributed by atoms with E-state index >= 15 is 0 Å². The third-order valence-electron chi connectivity index (χ3n) is 1.89. The van der Waals surface area contributed by atoms with E-state index < -0.39 is 11.9 Å².